The van der Waals surface area contributed by atoms with Crippen molar-refractivity contribution in [2.75, 3.05) is 20.2 Å². The van der Waals surface area contributed by atoms with E-state index in [0.717, 1.165) is 12.5 Å². The molecule has 1 aliphatic heterocycles. The number of benzene rings is 2. The van der Waals surface area contributed by atoms with Gasteiger partial charge in [-0.05, 0) is 36.8 Å². The maximum absolute atomic E-state index is 13.0. The van der Waals surface area contributed by atoms with Crippen LogP contribution >= 0.6 is 11.6 Å². The zero-order valence-electron chi connectivity index (χ0n) is 16.2. The lowest BCUT2D eigenvalue weighted by Gasteiger charge is -2.40. The highest BCUT2D eigenvalue weighted by molar-refractivity contribution is 6.35. The summed E-state index contributed by atoms with van der Waals surface area (Å²) in [7, 11) is 1.57. The molecule has 1 aliphatic rings. The van der Waals surface area contributed by atoms with E-state index in [-0.39, 0.29) is 27.8 Å². The molecule has 3 rings (SSSR count). The Balaban J connectivity index is 1.82. The Bertz CT molecular complexity index is 981. The van der Waals surface area contributed by atoms with Gasteiger partial charge in [0.15, 0.2) is 6.10 Å². The number of hydrogen-bond acceptors (Lipinski definition) is 4. The van der Waals surface area contributed by atoms with Crippen LogP contribution in [-0.4, -0.2) is 43.3 Å². The molecule has 0 N–H and O–H groups in total. The Morgan fingerprint density at radius 1 is 1.23 bits per heavy atom. The maximum Gasteiger partial charge on any atom is 0.425 e. The van der Waals surface area contributed by atoms with Crippen LogP contribution in [0.2, 0.25) is 5.02 Å². The van der Waals surface area contributed by atoms with Gasteiger partial charge in [0.05, 0.1) is 17.7 Å². The lowest BCUT2D eigenvalue weighted by atomic mass is 9.90. The molecule has 0 saturated carbocycles. The smallest absolute Gasteiger partial charge is 0.425 e. The molecule has 30 heavy (non-hydrogen) atoms. The molecular formula is C21H18ClF3N2O3. The number of nitriles is 1. The Hall–Kier alpha value is -2.92. The van der Waals surface area contributed by atoms with E-state index in [1.54, 1.807) is 7.11 Å². The highest BCUT2D eigenvalue weighted by Crippen LogP contribution is 2.37. The van der Waals surface area contributed by atoms with Crippen molar-refractivity contribution >= 4 is 17.5 Å². The van der Waals surface area contributed by atoms with E-state index in [2.05, 4.69) is 0 Å². The van der Waals surface area contributed by atoms with Gasteiger partial charge in [0.2, 0.25) is 0 Å². The molecule has 0 aromatic heterocycles. The van der Waals surface area contributed by atoms with E-state index in [0.29, 0.717) is 18.8 Å². The standard InChI is InChI=1S/C21H18ClF3N2O3/c1-12(21(23,24)25)30-17-8-5-14(9-26)19(22)18(17)20(28)27-10-15(11-27)13-3-6-16(29-2)7-4-13/h3-8,12,15H,10-11H2,1-2H3. The van der Waals surface area contributed by atoms with E-state index in [1.165, 1.54) is 17.0 Å². The first-order chi connectivity index (χ1) is 14.2. The molecule has 1 amide bonds. The number of methoxy groups -OCH3 is 1. The van der Waals surface area contributed by atoms with Crippen LogP contribution in [-0.2, 0) is 0 Å². The van der Waals surface area contributed by atoms with Crippen LogP contribution in [0.4, 0.5) is 13.2 Å². The summed E-state index contributed by atoms with van der Waals surface area (Å²) >= 11 is 6.17. The van der Waals surface area contributed by atoms with Crippen molar-refractivity contribution in [1.82, 2.24) is 4.90 Å². The van der Waals surface area contributed by atoms with Gasteiger partial charge in [0, 0.05) is 19.0 Å². The van der Waals surface area contributed by atoms with Crippen molar-refractivity contribution in [1.29, 1.82) is 5.26 Å². The van der Waals surface area contributed by atoms with Crippen LogP contribution in [0.15, 0.2) is 36.4 Å². The Morgan fingerprint density at radius 2 is 1.87 bits per heavy atom. The predicted octanol–water partition coefficient (Wildman–Crippen LogP) is 4.79. The fraction of sp³-hybridized carbons (Fsp3) is 0.333. The minimum absolute atomic E-state index is 0.0146. The fourth-order valence-corrected chi connectivity index (χ4v) is 3.37. The number of amides is 1. The first-order valence-electron chi connectivity index (χ1n) is 9.05. The average Bonchev–Trinajstić information content (AvgIpc) is 2.66. The van der Waals surface area contributed by atoms with Gasteiger partial charge in [-0.3, -0.25) is 4.79 Å². The second kappa shape index (κ2) is 8.44. The molecule has 158 valence electrons. The van der Waals surface area contributed by atoms with Gasteiger partial charge in [0.1, 0.15) is 23.1 Å². The van der Waals surface area contributed by atoms with Crippen molar-refractivity contribution in [3.8, 4) is 17.6 Å². The molecule has 9 heteroatoms. The number of alkyl halides is 3. The number of hydrogen-bond donors (Lipinski definition) is 0. The van der Waals surface area contributed by atoms with Crippen LogP contribution in [0, 0.1) is 11.3 Å². The Kier molecular flexibility index (Phi) is 6.13. The molecule has 5 nitrogen and oxygen atoms in total. The molecule has 0 aliphatic carbocycles. The number of carbonyl (C=O) groups is 1. The minimum atomic E-state index is -4.61. The summed E-state index contributed by atoms with van der Waals surface area (Å²) in [6.07, 6.45) is -6.76. The highest BCUT2D eigenvalue weighted by atomic mass is 35.5. The van der Waals surface area contributed by atoms with Crippen LogP contribution < -0.4 is 9.47 Å². The quantitative estimate of drug-likeness (QED) is 0.673. The van der Waals surface area contributed by atoms with Crippen molar-refractivity contribution in [2.45, 2.75) is 25.1 Å². The molecule has 0 bridgehead atoms. The number of carbonyl (C=O) groups excluding carboxylic acids is 1. The summed E-state index contributed by atoms with van der Waals surface area (Å²) in [6, 6.07) is 11.7. The molecule has 2 aromatic carbocycles. The second-order valence-corrected chi connectivity index (χ2v) is 7.27. The molecular weight excluding hydrogens is 421 g/mol. The summed E-state index contributed by atoms with van der Waals surface area (Å²) in [5.41, 5.74) is 0.762. The largest absolute Gasteiger partial charge is 0.497 e. The number of halogens is 4. The Morgan fingerprint density at radius 3 is 2.40 bits per heavy atom. The van der Waals surface area contributed by atoms with Crippen molar-refractivity contribution < 1.29 is 27.4 Å². The van der Waals surface area contributed by atoms with Crippen molar-refractivity contribution in [2.24, 2.45) is 0 Å². The number of nitrogens with zero attached hydrogens (tertiary/aromatic N) is 2. The van der Waals surface area contributed by atoms with E-state index in [1.807, 2.05) is 30.3 Å². The molecule has 1 heterocycles. The molecule has 1 fully saturated rings. The molecule has 1 atom stereocenters. The zero-order chi connectivity index (χ0) is 22.1. The average molecular weight is 439 g/mol. The zero-order valence-corrected chi connectivity index (χ0v) is 16.9. The predicted molar refractivity (Wildman–Crippen MR) is 104 cm³/mol. The maximum atomic E-state index is 13.0. The van der Waals surface area contributed by atoms with Gasteiger partial charge >= 0.3 is 6.18 Å². The summed E-state index contributed by atoms with van der Waals surface area (Å²) in [6.45, 7) is 1.57. The van der Waals surface area contributed by atoms with Gasteiger partial charge in [-0.2, -0.15) is 18.4 Å². The lowest BCUT2D eigenvalue weighted by Crippen LogP contribution is -2.48. The van der Waals surface area contributed by atoms with Crippen LogP contribution in [0.1, 0.15) is 34.3 Å². The monoisotopic (exact) mass is 438 g/mol. The van der Waals surface area contributed by atoms with Crippen molar-refractivity contribution in [3.05, 3.63) is 58.1 Å². The topological polar surface area (TPSA) is 62.6 Å². The molecule has 0 spiro atoms. The minimum Gasteiger partial charge on any atom is -0.497 e. The first kappa shape index (κ1) is 21.8. The third-order valence-electron chi connectivity index (χ3n) is 4.96. The summed E-state index contributed by atoms with van der Waals surface area (Å²) in [5.74, 6) is -0.0871. The Labute approximate surface area is 176 Å². The second-order valence-electron chi connectivity index (χ2n) is 6.89. The number of rotatable bonds is 5. The van der Waals surface area contributed by atoms with E-state index < -0.39 is 18.2 Å². The normalized spacial score (nSPS) is 15.2. The van der Waals surface area contributed by atoms with Crippen LogP contribution in [0.5, 0.6) is 11.5 Å². The molecule has 1 saturated heterocycles. The third kappa shape index (κ3) is 4.31. The molecule has 2 aromatic rings. The molecule has 0 radical (unpaired) electrons. The van der Waals surface area contributed by atoms with E-state index in [9.17, 15) is 23.2 Å². The summed E-state index contributed by atoms with van der Waals surface area (Å²) < 4.78 is 48.9. The fourth-order valence-electron chi connectivity index (χ4n) is 3.09. The SMILES string of the molecule is COc1ccc(C2CN(C(=O)c3c(OC(C)C(F)(F)F)ccc(C#N)c3Cl)C2)cc1. The van der Waals surface area contributed by atoms with E-state index >= 15 is 0 Å². The summed E-state index contributed by atoms with van der Waals surface area (Å²) in [5, 5.41) is 8.96. The first-order valence-corrected chi connectivity index (χ1v) is 9.42. The van der Waals surface area contributed by atoms with Gasteiger partial charge in [-0.1, -0.05) is 23.7 Å². The molecule has 1 unspecified atom stereocenters. The highest BCUT2D eigenvalue weighted by Gasteiger charge is 2.40. The van der Waals surface area contributed by atoms with Gasteiger partial charge in [-0.25, -0.2) is 0 Å². The van der Waals surface area contributed by atoms with Crippen LogP contribution in [0.3, 0.4) is 0 Å². The van der Waals surface area contributed by atoms with Crippen LogP contribution in [0.25, 0.3) is 0 Å². The van der Waals surface area contributed by atoms with Crippen molar-refractivity contribution in [3.63, 3.8) is 0 Å². The number of likely N-dealkylation sites (tertiary alicyclic amines) is 1. The summed E-state index contributed by atoms with van der Waals surface area (Å²) in [4.78, 5) is 14.5. The lowest BCUT2D eigenvalue weighted by molar-refractivity contribution is -0.189. The third-order valence-corrected chi connectivity index (χ3v) is 5.35. The van der Waals surface area contributed by atoms with E-state index in [4.69, 9.17) is 21.1 Å². The van der Waals surface area contributed by atoms with Gasteiger partial charge < -0.3 is 14.4 Å². The van der Waals surface area contributed by atoms with Gasteiger partial charge in [0.25, 0.3) is 5.91 Å². The number of ether oxygens (including phenoxy) is 2. The van der Waals surface area contributed by atoms with Gasteiger partial charge in [-0.15, -0.1) is 0 Å².